The molecule has 0 aromatic rings. The quantitative estimate of drug-likeness (QED) is 0.756. The molecule has 0 aromatic carbocycles. The highest BCUT2D eigenvalue weighted by molar-refractivity contribution is 5.79. The van der Waals surface area contributed by atoms with Gasteiger partial charge in [-0.05, 0) is 12.8 Å². The van der Waals surface area contributed by atoms with Crippen LogP contribution in [0.2, 0.25) is 0 Å². The van der Waals surface area contributed by atoms with Crippen molar-refractivity contribution in [1.29, 1.82) is 0 Å². The Morgan fingerprint density at radius 2 is 2.06 bits per heavy atom. The molecule has 1 saturated carbocycles. The molecule has 92 valence electrons. The second-order valence-corrected chi connectivity index (χ2v) is 4.83. The number of nitrogens with zero attached hydrogens (tertiary/aromatic N) is 1. The predicted octanol–water partition coefficient (Wildman–Crippen LogP) is 0.753. The summed E-state index contributed by atoms with van der Waals surface area (Å²) in [5, 5.41) is 0. The van der Waals surface area contributed by atoms with E-state index in [0.29, 0.717) is 25.7 Å². The van der Waals surface area contributed by atoms with E-state index in [1.807, 2.05) is 4.90 Å². The van der Waals surface area contributed by atoms with Gasteiger partial charge in [-0.1, -0.05) is 19.3 Å². The number of nitrogens with two attached hydrogens (primary N) is 1. The van der Waals surface area contributed by atoms with Crippen LogP contribution in [0.1, 0.15) is 32.1 Å². The first-order chi connectivity index (χ1) is 7.83. The van der Waals surface area contributed by atoms with Crippen LogP contribution in [-0.4, -0.2) is 43.2 Å². The smallest absolute Gasteiger partial charge is 0.226 e. The summed E-state index contributed by atoms with van der Waals surface area (Å²) >= 11 is 0. The van der Waals surface area contributed by atoms with E-state index >= 15 is 0 Å². The van der Waals surface area contributed by atoms with E-state index in [2.05, 4.69) is 0 Å². The minimum Gasteiger partial charge on any atom is -0.377 e. The zero-order valence-corrected chi connectivity index (χ0v) is 9.86. The topological polar surface area (TPSA) is 55.6 Å². The van der Waals surface area contributed by atoms with E-state index in [1.54, 1.807) is 0 Å². The van der Waals surface area contributed by atoms with Crippen molar-refractivity contribution in [2.45, 2.75) is 38.1 Å². The maximum absolute atomic E-state index is 12.3. The number of hydrogen-bond acceptors (Lipinski definition) is 3. The molecule has 4 heteroatoms. The third kappa shape index (κ3) is 2.55. The highest BCUT2D eigenvalue weighted by Crippen LogP contribution is 2.26. The molecular formula is C12H22N2O2. The molecule has 1 aliphatic carbocycles. The Morgan fingerprint density at radius 3 is 2.75 bits per heavy atom. The van der Waals surface area contributed by atoms with Crippen molar-refractivity contribution in [3.05, 3.63) is 0 Å². The standard InChI is InChI=1S/C12H22N2O2/c13-8-11-9-16-7-6-14(11)12(15)10-4-2-1-3-5-10/h10-11H,1-9,13H2. The van der Waals surface area contributed by atoms with Gasteiger partial charge in [-0.15, -0.1) is 0 Å². The minimum atomic E-state index is 0.100. The summed E-state index contributed by atoms with van der Waals surface area (Å²) in [5.41, 5.74) is 5.69. The molecule has 1 saturated heterocycles. The molecule has 2 N–H and O–H groups in total. The monoisotopic (exact) mass is 226 g/mol. The van der Waals surface area contributed by atoms with E-state index in [4.69, 9.17) is 10.5 Å². The first-order valence-electron chi connectivity index (χ1n) is 6.41. The molecule has 2 fully saturated rings. The third-order valence-corrected chi connectivity index (χ3v) is 3.74. The molecule has 1 heterocycles. The van der Waals surface area contributed by atoms with Crippen molar-refractivity contribution < 1.29 is 9.53 Å². The number of rotatable bonds is 2. The number of ether oxygens (including phenoxy) is 1. The molecule has 4 nitrogen and oxygen atoms in total. The Hall–Kier alpha value is -0.610. The van der Waals surface area contributed by atoms with Crippen molar-refractivity contribution >= 4 is 5.91 Å². The van der Waals surface area contributed by atoms with Crippen molar-refractivity contribution in [2.75, 3.05) is 26.3 Å². The minimum absolute atomic E-state index is 0.100. The van der Waals surface area contributed by atoms with Gasteiger partial charge in [-0.25, -0.2) is 0 Å². The summed E-state index contributed by atoms with van der Waals surface area (Å²) in [7, 11) is 0. The maximum Gasteiger partial charge on any atom is 0.226 e. The summed E-state index contributed by atoms with van der Waals surface area (Å²) < 4.78 is 5.37. The summed E-state index contributed by atoms with van der Waals surface area (Å²) in [6.45, 7) is 2.50. The first kappa shape index (κ1) is 11.9. The van der Waals surface area contributed by atoms with Gasteiger partial charge in [0.2, 0.25) is 5.91 Å². The number of amides is 1. The number of carbonyl (C=O) groups is 1. The molecule has 16 heavy (non-hydrogen) atoms. The zero-order chi connectivity index (χ0) is 11.4. The van der Waals surface area contributed by atoms with E-state index in [-0.39, 0.29) is 12.0 Å². The van der Waals surface area contributed by atoms with Crippen LogP contribution >= 0.6 is 0 Å². The Labute approximate surface area is 97.1 Å². The van der Waals surface area contributed by atoms with Gasteiger partial charge in [0, 0.05) is 19.0 Å². The first-order valence-corrected chi connectivity index (χ1v) is 6.41. The Kier molecular flexibility index (Phi) is 4.18. The molecule has 1 unspecified atom stereocenters. The number of morpholine rings is 1. The fourth-order valence-corrected chi connectivity index (χ4v) is 2.72. The van der Waals surface area contributed by atoms with Crippen LogP contribution in [0.15, 0.2) is 0 Å². The van der Waals surface area contributed by atoms with Gasteiger partial charge >= 0.3 is 0 Å². The molecule has 0 bridgehead atoms. The molecule has 1 atom stereocenters. The van der Waals surface area contributed by atoms with Gasteiger partial charge in [0.05, 0.1) is 19.3 Å². The lowest BCUT2D eigenvalue weighted by Gasteiger charge is -2.37. The zero-order valence-electron chi connectivity index (χ0n) is 9.86. The van der Waals surface area contributed by atoms with Crippen molar-refractivity contribution in [3.63, 3.8) is 0 Å². The Morgan fingerprint density at radius 1 is 1.31 bits per heavy atom. The van der Waals surface area contributed by atoms with Crippen LogP contribution in [0.25, 0.3) is 0 Å². The number of carbonyl (C=O) groups excluding carboxylic acids is 1. The lowest BCUT2D eigenvalue weighted by atomic mass is 9.88. The average molecular weight is 226 g/mol. The summed E-state index contributed by atoms with van der Waals surface area (Å²) in [4.78, 5) is 14.3. The predicted molar refractivity (Wildman–Crippen MR) is 61.9 cm³/mol. The van der Waals surface area contributed by atoms with Crippen LogP contribution in [-0.2, 0) is 9.53 Å². The van der Waals surface area contributed by atoms with Crippen LogP contribution in [0.4, 0.5) is 0 Å². The van der Waals surface area contributed by atoms with Crippen molar-refractivity contribution in [3.8, 4) is 0 Å². The van der Waals surface area contributed by atoms with Gasteiger partial charge < -0.3 is 15.4 Å². The second kappa shape index (κ2) is 5.64. The molecular weight excluding hydrogens is 204 g/mol. The highest BCUT2D eigenvalue weighted by atomic mass is 16.5. The number of hydrogen-bond donors (Lipinski definition) is 1. The van der Waals surface area contributed by atoms with Crippen LogP contribution in [0.5, 0.6) is 0 Å². The molecule has 0 radical (unpaired) electrons. The van der Waals surface area contributed by atoms with E-state index in [9.17, 15) is 4.79 Å². The van der Waals surface area contributed by atoms with Crippen LogP contribution in [0, 0.1) is 5.92 Å². The average Bonchev–Trinajstić information content (AvgIpc) is 2.39. The SMILES string of the molecule is NCC1COCCN1C(=O)C1CCCCC1. The van der Waals surface area contributed by atoms with Gasteiger partial charge in [0.15, 0.2) is 0 Å². The van der Waals surface area contributed by atoms with Gasteiger partial charge in [0.25, 0.3) is 0 Å². The molecule has 1 aliphatic heterocycles. The van der Waals surface area contributed by atoms with Gasteiger partial charge in [-0.2, -0.15) is 0 Å². The lowest BCUT2D eigenvalue weighted by molar-refractivity contribution is -0.144. The third-order valence-electron chi connectivity index (χ3n) is 3.74. The van der Waals surface area contributed by atoms with Crippen LogP contribution in [0.3, 0.4) is 0 Å². The molecule has 2 rings (SSSR count). The van der Waals surface area contributed by atoms with Crippen molar-refractivity contribution in [2.24, 2.45) is 11.7 Å². The molecule has 1 amide bonds. The normalized spacial score (nSPS) is 28.1. The second-order valence-electron chi connectivity index (χ2n) is 4.83. The van der Waals surface area contributed by atoms with E-state index in [0.717, 1.165) is 19.4 Å². The fraction of sp³-hybridized carbons (Fsp3) is 0.917. The van der Waals surface area contributed by atoms with Gasteiger partial charge in [-0.3, -0.25) is 4.79 Å². The van der Waals surface area contributed by atoms with E-state index < -0.39 is 0 Å². The molecule has 0 spiro atoms. The van der Waals surface area contributed by atoms with E-state index in [1.165, 1.54) is 19.3 Å². The fourth-order valence-electron chi connectivity index (χ4n) is 2.72. The molecule has 0 aromatic heterocycles. The molecule has 2 aliphatic rings. The Bertz CT molecular complexity index is 239. The summed E-state index contributed by atoms with van der Waals surface area (Å²) in [6, 6.07) is 0.100. The lowest BCUT2D eigenvalue weighted by Crippen LogP contribution is -2.53. The highest BCUT2D eigenvalue weighted by Gasteiger charge is 2.31. The maximum atomic E-state index is 12.3. The summed E-state index contributed by atoms with van der Waals surface area (Å²) in [6.07, 6.45) is 5.82. The van der Waals surface area contributed by atoms with Gasteiger partial charge in [0.1, 0.15) is 0 Å². The van der Waals surface area contributed by atoms with Crippen molar-refractivity contribution in [1.82, 2.24) is 4.90 Å². The Balaban J connectivity index is 1.95. The van der Waals surface area contributed by atoms with Crippen LogP contribution < -0.4 is 5.73 Å². The largest absolute Gasteiger partial charge is 0.377 e. The summed E-state index contributed by atoms with van der Waals surface area (Å²) in [5.74, 6) is 0.569.